The molecule has 2 aromatic rings. The van der Waals surface area contributed by atoms with Crippen molar-refractivity contribution in [2.75, 3.05) is 17.2 Å². The highest BCUT2D eigenvalue weighted by molar-refractivity contribution is 6.30. The van der Waals surface area contributed by atoms with E-state index in [0.29, 0.717) is 22.1 Å². The fourth-order valence-corrected chi connectivity index (χ4v) is 2.57. The predicted molar refractivity (Wildman–Crippen MR) is 92.6 cm³/mol. The van der Waals surface area contributed by atoms with Gasteiger partial charge in [-0.3, -0.25) is 4.79 Å². The Labute approximate surface area is 144 Å². The van der Waals surface area contributed by atoms with Crippen LogP contribution in [0.4, 0.5) is 16.2 Å². The number of fused-ring (bicyclic) bond motifs is 1. The molecule has 0 aromatic heterocycles. The van der Waals surface area contributed by atoms with Gasteiger partial charge in [0, 0.05) is 16.8 Å². The number of carbonyl (C=O) groups is 2. The third-order valence-electron chi connectivity index (χ3n) is 3.57. The molecule has 24 heavy (non-hydrogen) atoms. The van der Waals surface area contributed by atoms with E-state index in [2.05, 4.69) is 16.0 Å². The number of amides is 3. The zero-order chi connectivity index (χ0) is 17.1. The van der Waals surface area contributed by atoms with Gasteiger partial charge in [0.1, 0.15) is 5.75 Å². The van der Waals surface area contributed by atoms with Gasteiger partial charge >= 0.3 is 6.03 Å². The molecule has 1 unspecified atom stereocenters. The number of carbonyl (C=O) groups excluding carboxylic acids is 2. The molecule has 0 bridgehead atoms. The molecule has 1 aliphatic heterocycles. The third kappa shape index (κ3) is 3.78. The van der Waals surface area contributed by atoms with Crippen molar-refractivity contribution in [2.45, 2.75) is 13.0 Å². The van der Waals surface area contributed by atoms with Crippen LogP contribution in [0.1, 0.15) is 18.5 Å². The van der Waals surface area contributed by atoms with Crippen molar-refractivity contribution in [1.29, 1.82) is 0 Å². The van der Waals surface area contributed by atoms with Gasteiger partial charge in [0.2, 0.25) is 0 Å². The highest BCUT2D eigenvalue weighted by Gasteiger charge is 2.17. The van der Waals surface area contributed by atoms with Crippen molar-refractivity contribution >= 4 is 34.9 Å². The summed E-state index contributed by atoms with van der Waals surface area (Å²) in [6, 6.07) is 11.8. The Bertz CT molecular complexity index is 794. The van der Waals surface area contributed by atoms with E-state index in [1.165, 1.54) is 0 Å². The van der Waals surface area contributed by atoms with Crippen LogP contribution in [-0.2, 0) is 4.79 Å². The average Bonchev–Trinajstić information content (AvgIpc) is 2.55. The summed E-state index contributed by atoms with van der Waals surface area (Å²) >= 11 is 5.96. The van der Waals surface area contributed by atoms with Crippen LogP contribution in [0.2, 0.25) is 5.02 Å². The summed E-state index contributed by atoms with van der Waals surface area (Å²) in [6.07, 6.45) is 0. The first-order valence-corrected chi connectivity index (χ1v) is 7.79. The van der Waals surface area contributed by atoms with E-state index in [9.17, 15) is 9.59 Å². The van der Waals surface area contributed by atoms with E-state index in [-0.39, 0.29) is 24.6 Å². The summed E-state index contributed by atoms with van der Waals surface area (Å²) in [5.74, 6) is 0.326. The summed E-state index contributed by atoms with van der Waals surface area (Å²) in [6.45, 7) is 1.84. The van der Waals surface area contributed by atoms with Gasteiger partial charge in [-0.25, -0.2) is 4.79 Å². The minimum atomic E-state index is -0.345. The lowest BCUT2D eigenvalue weighted by Crippen LogP contribution is -2.31. The quantitative estimate of drug-likeness (QED) is 0.795. The Morgan fingerprint density at radius 2 is 2.12 bits per heavy atom. The molecule has 0 fully saturated rings. The molecule has 0 aliphatic carbocycles. The Morgan fingerprint density at radius 3 is 2.92 bits per heavy atom. The summed E-state index contributed by atoms with van der Waals surface area (Å²) in [4.78, 5) is 23.4. The molecule has 0 spiro atoms. The van der Waals surface area contributed by atoms with Gasteiger partial charge < -0.3 is 20.7 Å². The highest BCUT2D eigenvalue weighted by atomic mass is 35.5. The van der Waals surface area contributed by atoms with E-state index < -0.39 is 0 Å². The van der Waals surface area contributed by atoms with Gasteiger partial charge in [0.15, 0.2) is 6.61 Å². The second-order valence-corrected chi connectivity index (χ2v) is 5.86. The first-order chi connectivity index (χ1) is 11.5. The highest BCUT2D eigenvalue weighted by Crippen LogP contribution is 2.30. The number of hydrogen-bond donors (Lipinski definition) is 3. The third-order valence-corrected chi connectivity index (χ3v) is 3.80. The summed E-state index contributed by atoms with van der Waals surface area (Å²) in [7, 11) is 0. The van der Waals surface area contributed by atoms with Gasteiger partial charge in [-0.1, -0.05) is 23.7 Å². The molecular weight excluding hydrogens is 330 g/mol. The molecule has 3 N–H and O–H groups in total. The van der Waals surface area contributed by atoms with Crippen LogP contribution in [0.3, 0.4) is 0 Å². The lowest BCUT2D eigenvalue weighted by atomic mass is 10.1. The number of halogens is 1. The van der Waals surface area contributed by atoms with Crippen LogP contribution in [-0.4, -0.2) is 18.5 Å². The van der Waals surface area contributed by atoms with Crippen molar-refractivity contribution in [3.63, 3.8) is 0 Å². The number of nitrogens with one attached hydrogen (secondary N) is 3. The van der Waals surface area contributed by atoms with Crippen LogP contribution in [0, 0.1) is 0 Å². The number of hydrogen-bond acceptors (Lipinski definition) is 3. The van der Waals surface area contributed by atoms with Crippen LogP contribution >= 0.6 is 11.6 Å². The number of urea groups is 1. The fourth-order valence-electron chi connectivity index (χ4n) is 2.38. The first-order valence-electron chi connectivity index (χ1n) is 7.41. The van der Waals surface area contributed by atoms with Gasteiger partial charge in [-0.2, -0.15) is 0 Å². The molecule has 124 valence electrons. The number of ether oxygens (including phenoxy) is 1. The second-order valence-electron chi connectivity index (χ2n) is 5.42. The zero-order valence-electron chi connectivity index (χ0n) is 12.9. The minimum absolute atomic E-state index is 0.0333. The molecule has 1 aliphatic rings. The number of anilines is 2. The molecule has 1 atom stereocenters. The van der Waals surface area contributed by atoms with Gasteiger partial charge in [0.25, 0.3) is 5.91 Å². The van der Waals surface area contributed by atoms with E-state index in [4.69, 9.17) is 16.3 Å². The molecule has 3 rings (SSSR count). The van der Waals surface area contributed by atoms with E-state index in [1.807, 2.05) is 25.1 Å². The van der Waals surface area contributed by atoms with Crippen molar-refractivity contribution in [2.24, 2.45) is 0 Å². The lowest BCUT2D eigenvalue weighted by molar-refractivity contribution is -0.118. The second kappa shape index (κ2) is 6.80. The smallest absolute Gasteiger partial charge is 0.319 e. The summed E-state index contributed by atoms with van der Waals surface area (Å²) in [5.41, 5.74) is 2.07. The maximum Gasteiger partial charge on any atom is 0.319 e. The number of benzene rings is 2. The summed E-state index contributed by atoms with van der Waals surface area (Å²) < 4.78 is 5.32. The van der Waals surface area contributed by atoms with Crippen LogP contribution < -0.4 is 20.7 Å². The topological polar surface area (TPSA) is 79.5 Å². The summed E-state index contributed by atoms with van der Waals surface area (Å²) in [5, 5.41) is 8.90. The SMILES string of the molecule is CC(NC(=O)Nc1ccc2c(c1)OCC(=O)N2)c1cccc(Cl)c1. The van der Waals surface area contributed by atoms with E-state index >= 15 is 0 Å². The molecule has 3 amide bonds. The van der Waals surface area contributed by atoms with Crippen molar-refractivity contribution in [1.82, 2.24) is 5.32 Å². The van der Waals surface area contributed by atoms with Gasteiger partial charge in [-0.15, -0.1) is 0 Å². The average molecular weight is 346 g/mol. The predicted octanol–water partition coefficient (Wildman–Crippen LogP) is 3.55. The lowest BCUT2D eigenvalue weighted by Gasteiger charge is -2.19. The van der Waals surface area contributed by atoms with E-state index in [0.717, 1.165) is 5.56 Å². The largest absolute Gasteiger partial charge is 0.482 e. The fraction of sp³-hybridized carbons (Fsp3) is 0.176. The van der Waals surface area contributed by atoms with Crippen molar-refractivity contribution in [3.8, 4) is 5.75 Å². The Balaban J connectivity index is 1.64. The van der Waals surface area contributed by atoms with Crippen molar-refractivity contribution in [3.05, 3.63) is 53.1 Å². The standard InChI is InChI=1S/C17H16ClN3O3/c1-10(11-3-2-4-12(18)7-11)19-17(23)20-13-5-6-14-15(8-13)24-9-16(22)21-14/h2-8,10H,9H2,1H3,(H,21,22)(H2,19,20,23). The monoisotopic (exact) mass is 345 g/mol. The molecule has 0 radical (unpaired) electrons. The zero-order valence-corrected chi connectivity index (χ0v) is 13.7. The first kappa shape index (κ1) is 16.1. The maximum absolute atomic E-state index is 12.1. The molecule has 0 saturated heterocycles. The molecule has 2 aromatic carbocycles. The van der Waals surface area contributed by atoms with Crippen LogP contribution in [0.15, 0.2) is 42.5 Å². The van der Waals surface area contributed by atoms with Gasteiger partial charge in [0.05, 0.1) is 11.7 Å². The van der Waals surface area contributed by atoms with Crippen molar-refractivity contribution < 1.29 is 14.3 Å². The van der Waals surface area contributed by atoms with E-state index in [1.54, 1.807) is 24.3 Å². The van der Waals surface area contributed by atoms with Crippen LogP contribution in [0.5, 0.6) is 5.75 Å². The maximum atomic E-state index is 12.1. The Hall–Kier alpha value is -2.73. The Morgan fingerprint density at radius 1 is 1.29 bits per heavy atom. The molecule has 6 nitrogen and oxygen atoms in total. The van der Waals surface area contributed by atoms with Crippen LogP contribution in [0.25, 0.3) is 0 Å². The normalized spacial score (nSPS) is 14.0. The number of rotatable bonds is 3. The molecule has 0 saturated carbocycles. The molecule has 7 heteroatoms. The van der Waals surface area contributed by atoms with Gasteiger partial charge in [-0.05, 0) is 36.8 Å². The molecule has 1 heterocycles. The Kier molecular flexibility index (Phi) is 4.57. The molecular formula is C17H16ClN3O3. The minimum Gasteiger partial charge on any atom is -0.482 e.